The maximum Gasteiger partial charge on any atom is 0.134 e. The van der Waals surface area contributed by atoms with Crippen LogP contribution in [0.15, 0.2) is 58.4 Å². The summed E-state index contributed by atoms with van der Waals surface area (Å²) in [7, 11) is 2.07. The molecule has 4 aromatic rings. The van der Waals surface area contributed by atoms with Gasteiger partial charge in [-0.2, -0.15) is 0 Å². The van der Waals surface area contributed by atoms with Crippen LogP contribution in [0.4, 0.5) is 0 Å². The van der Waals surface area contributed by atoms with Crippen molar-refractivity contribution >= 4 is 11.3 Å². The summed E-state index contributed by atoms with van der Waals surface area (Å²) in [4.78, 5) is 14.8. The average molecular weight is 407 g/mol. The van der Waals surface area contributed by atoms with Gasteiger partial charge in [0.05, 0.1) is 11.2 Å². The van der Waals surface area contributed by atoms with Gasteiger partial charge >= 0.3 is 0 Å². The molecule has 0 aliphatic carbocycles. The van der Waals surface area contributed by atoms with Crippen LogP contribution in [0.2, 0.25) is 0 Å². The van der Waals surface area contributed by atoms with Crippen molar-refractivity contribution < 1.29 is 9.26 Å². The van der Waals surface area contributed by atoms with Crippen LogP contribution in [-0.4, -0.2) is 32.1 Å². The second kappa shape index (κ2) is 8.93. The fourth-order valence-electron chi connectivity index (χ4n) is 3.05. The third-order valence-corrected chi connectivity index (χ3v) is 5.00. The highest BCUT2D eigenvalue weighted by Crippen LogP contribution is 2.28. The predicted molar refractivity (Wildman–Crippen MR) is 110 cm³/mol. The van der Waals surface area contributed by atoms with Crippen LogP contribution in [0, 0.1) is 6.92 Å². The normalized spacial score (nSPS) is 11.1. The van der Waals surface area contributed by atoms with Gasteiger partial charge in [0.15, 0.2) is 0 Å². The third-order valence-electron chi connectivity index (χ3n) is 4.36. The lowest BCUT2D eigenvalue weighted by Gasteiger charge is -2.19. The van der Waals surface area contributed by atoms with Gasteiger partial charge in [-0.15, -0.1) is 11.3 Å². The Morgan fingerprint density at radius 1 is 1.07 bits per heavy atom. The van der Waals surface area contributed by atoms with E-state index in [4.69, 9.17) is 9.26 Å². The zero-order chi connectivity index (χ0) is 20.1. The van der Waals surface area contributed by atoms with E-state index < -0.39 is 0 Å². The zero-order valence-corrected chi connectivity index (χ0v) is 17.1. The highest BCUT2D eigenvalue weighted by Gasteiger charge is 2.12. The Kier molecular flexibility index (Phi) is 5.92. The highest BCUT2D eigenvalue weighted by molar-refractivity contribution is 7.07. The van der Waals surface area contributed by atoms with Crippen LogP contribution >= 0.6 is 11.3 Å². The summed E-state index contributed by atoms with van der Waals surface area (Å²) in [6.07, 6.45) is 5.15. The molecule has 3 aromatic heterocycles. The molecule has 0 saturated carbocycles. The van der Waals surface area contributed by atoms with E-state index in [1.54, 1.807) is 11.3 Å². The summed E-state index contributed by atoms with van der Waals surface area (Å²) < 4.78 is 11.2. The molecule has 1 aromatic carbocycles. The summed E-state index contributed by atoms with van der Waals surface area (Å²) >= 11 is 1.61. The molecule has 0 atom stereocenters. The number of thiazole rings is 1. The van der Waals surface area contributed by atoms with Crippen LogP contribution in [0.25, 0.3) is 11.1 Å². The Morgan fingerprint density at radius 2 is 1.93 bits per heavy atom. The van der Waals surface area contributed by atoms with E-state index in [0.29, 0.717) is 13.2 Å². The van der Waals surface area contributed by atoms with E-state index in [0.717, 1.165) is 46.1 Å². The van der Waals surface area contributed by atoms with Crippen molar-refractivity contribution in [1.82, 2.24) is 25.0 Å². The van der Waals surface area contributed by atoms with E-state index >= 15 is 0 Å². The maximum atomic E-state index is 6.07. The second-order valence-electron chi connectivity index (χ2n) is 6.82. The number of nitrogens with zero attached hydrogens (tertiary/aromatic N) is 5. The van der Waals surface area contributed by atoms with Gasteiger partial charge in [0.25, 0.3) is 0 Å². The molecule has 0 N–H and O–H groups in total. The summed E-state index contributed by atoms with van der Waals surface area (Å²) in [5, 5.41) is 6.07. The third kappa shape index (κ3) is 5.04. The van der Waals surface area contributed by atoms with Crippen molar-refractivity contribution in [3.8, 4) is 16.9 Å². The molecule has 0 spiro atoms. The number of rotatable bonds is 8. The number of benzene rings is 1. The fourth-order valence-corrected chi connectivity index (χ4v) is 3.60. The minimum Gasteiger partial charge on any atom is -0.487 e. The smallest absolute Gasteiger partial charge is 0.134 e. The standard InChI is InChI=1S/C21H21N5O2S/c1-15-5-19(25-28-15)11-27-21-4-3-16(18-7-22-13-23-8-18)6-17(21)9-26(2)10-20-12-29-14-24-20/h3-8,12-14H,9-11H2,1-2H3. The molecule has 4 rings (SSSR count). The molecule has 8 heteroatoms. The van der Waals surface area contributed by atoms with Crippen molar-refractivity contribution in [3.05, 3.63) is 76.6 Å². The van der Waals surface area contributed by atoms with Gasteiger partial charge in [-0.1, -0.05) is 11.2 Å². The topological polar surface area (TPSA) is 77.2 Å². The fraction of sp³-hybridized carbons (Fsp3) is 0.238. The van der Waals surface area contributed by atoms with Gasteiger partial charge in [0.2, 0.25) is 0 Å². The Balaban J connectivity index is 1.56. The van der Waals surface area contributed by atoms with Crippen molar-refractivity contribution in [2.75, 3.05) is 7.05 Å². The van der Waals surface area contributed by atoms with E-state index in [9.17, 15) is 0 Å². The van der Waals surface area contributed by atoms with Crippen molar-refractivity contribution in [2.45, 2.75) is 26.6 Å². The molecule has 7 nitrogen and oxygen atoms in total. The first-order valence-corrected chi connectivity index (χ1v) is 10.1. The van der Waals surface area contributed by atoms with Gasteiger partial charge in [-0.3, -0.25) is 4.90 Å². The summed E-state index contributed by atoms with van der Waals surface area (Å²) in [6, 6.07) is 8.01. The molecule has 0 unspecified atom stereocenters. The first kappa shape index (κ1) is 19.2. The van der Waals surface area contributed by atoms with Crippen molar-refractivity contribution in [2.24, 2.45) is 0 Å². The van der Waals surface area contributed by atoms with Crippen LogP contribution in [0.3, 0.4) is 0 Å². The number of ether oxygens (including phenoxy) is 1. The molecular formula is C21H21N5O2S. The number of aromatic nitrogens is 4. The maximum absolute atomic E-state index is 6.07. The molecule has 0 aliphatic heterocycles. The summed E-state index contributed by atoms with van der Waals surface area (Å²) in [6.45, 7) is 3.70. The quantitative estimate of drug-likeness (QED) is 0.435. The molecule has 0 radical (unpaired) electrons. The first-order valence-electron chi connectivity index (χ1n) is 9.16. The number of hydrogen-bond acceptors (Lipinski definition) is 8. The molecule has 0 aliphatic rings. The van der Waals surface area contributed by atoms with Crippen molar-refractivity contribution in [3.63, 3.8) is 0 Å². The Hall–Kier alpha value is -3.10. The Morgan fingerprint density at radius 3 is 2.66 bits per heavy atom. The number of aryl methyl sites for hydroxylation is 1. The van der Waals surface area contributed by atoms with E-state index in [1.807, 2.05) is 43.0 Å². The molecule has 148 valence electrons. The van der Waals surface area contributed by atoms with Gasteiger partial charge in [-0.05, 0) is 31.7 Å². The molecule has 0 bridgehead atoms. The molecule has 0 amide bonds. The second-order valence-corrected chi connectivity index (χ2v) is 7.54. The van der Waals surface area contributed by atoms with E-state index in [1.165, 1.54) is 6.33 Å². The van der Waals surface area contributed by atoms with Crippen molar-refractivity contribution in [1.29, 1.82) is 0 Å². The zero-order valence-electron chi connectivity index (χ0n) is 16.3. The lowest BCUT2D eigenvalue weighted by Crippen LogP contribution is -2.18. The lowest BCUT2D eigenvalue weighted by atomic mass is 10.0. The molecule has 3 heterocycles. The van der Waals surface area contributed by atoms with Crippen LogP contribution in [0.1, 0.15) is 22.7 Å². The van der Waals surface area contributed by atoms with Crippen LogP contribution in [0.5, 0.6) is 5.75 Å². The van der Waals surface area contributed by atoms with Crippen LogP contribution < -0.4 is 4.74 Å². The average Bonchev–Trinajstić information content (AvgIpc) is 3.39. The Labute approximate surface area is 173 Å². The number of hydrogen-bond donors (Lipinski definition) is 0. The SMILES string of the molecule is Cc1cc(COc2ccc(-c3cncnc3)cc2CN(C)Cc2cscn2)no1. The highest BCUT2D eigenvalue weighted by atomic mass is 32.1. The molecule has 0 fully saturated rings. The van der Waals surface area contributed by atoms with Crippen LogP contribution in [-0.2, 0) is 19.7 Å². The molecule has 0 saturated heterocycles. The molecule has 29 heavy (non-hydrogen) atoms. The molecular weight excluding hydrogens is 386 g/mol. The van der Waals surface area contributed by atoms with Gasteiger partial charge < -0.3 is 9.26 Å². The minimum absolute atomic E-state index is 0.355. The summed E-state index contributed by atoms with van der Waals surface area (Å²) in [5.41, 5.74) is 6.77. The monoisotopic (exact) mass is 407 g/mol. The first-order chi connectivity index (χ1) is 14.2. The van der Waals surface area contributed by atoms with Gasteiger partial charge in [0, 0.05) is 48.1 Å². The largest absolute Gasteiger partial charge is 0.487 e. The lowest BCUT2D eigenvalue weighted by molar-refractivity contribution is 0.271. The minimum atomic E-state index is 0.355. The van der Waals surface area contributed by atoms with Gasteiger partial charge in [-0.25, -0.2) is 15.0 Å². The van der Waals surface area contributed by atoms with E-state index in [-0.39, 0.29) is 0 Å². The Bertz CT molecular complexity index is 1050. The van der Waals surface area contributed by atoms with E-state index in [2.05, 4.69) is 43.5 Å². The van der Waals surface area contributed by atoms with Gasteiger partial charge in [0.1, 0.15) is 30.1 Å². The summed E-state index contributed by atoms with van der Waals surface area (Å²) in [5.74, 6) is 1.59. The predicted octanol–water partition coefficient (Wildman–Crippen LogP) is 4.11.